The quantitative estimate of drug-likeness (QED) is 0.826. The van der Waals surface area contributed by atoms with Crippen molar-refractivity contribution in [3.05, 3.63) is 35.5 Å². The van der Waals surface area contributed by atoms with Crippen LogP contribution in [0.15, 0.2) is 18.3 Å². The van der Waals surface area contributed by atoms with E-state index in [-0.39, 0.29) is 0 Å². The van der Waals surface area contributed by atoms with Crippen LogP contribution in [0.3, 0.4) is 0 Å². The summed E-state index contributed by atoms with van der Waals surface area (Å²) in [4.78, 5) is 8.46. The van der Waals surface area contributed by atoms with Crippen molar-refractivity contribution in [2.24, 2.45) is 0 Å². The van der Waals surface area contributed by atoms with Crippen LogP contribution in [-0.2, 0) is 0 Å². The van der Waals surface area contributed by atoms with Gasteiger partial charge in [-0.05, 0) is 26.8 Å². The van der Waals surface area contributed by atoms with Gasteiger partial charge in [-0.3, -0.25) is 0 Å². The first-order chi connectivity index (χ1) is 7.59. The Morgan fingerprint density at radius 1 is 1.38 bits per heavy atom. The molecule has 0 aliphatic heterocycles. The second-order valence-corrected chi connectivity index (χ2v) is 3.71. The molecule has 0 amide bonds. The molecular formula is C11H14N4O. The van der Waals surface area contributed by atoms with Crippen molar-refractivity contribution in [3.63, 3.8) is 0 Å². The lowest BCUT2D eigenvalue weighted by Crippen LogP contribution is -2.08. The number of aliphatic hydroxyl groups is 1. The van der Waals surface area contributed by atoms with Crippen LogP contribution in [0.25, 0.3) is 5.82 Å². The fourth-order valence-electron chi connectivity index (χ4n) is 1.63. The van der Waals surface area contributed by atoms with Gasteiger partial charge in [-0.25, -0.2) is 9.97 Å². The predicted octanol–water partition coefficient (Wildman–Crippen LogP) is 1.33. The van der Waals surface area contributed by atoms with Gasteiger partial charge in [0.15, 0.2) is 5.82 Å². The number of aromatic nitrogens is 4. The highest BCUT2D eigenvalue weighted by Gasteiger charge is 2.13. The summed E-state index contributed by atoms with van der Waals surface area (Å²) in [6.45, 7) is 5.40. The third kappa shape index (κ3) is 1.81. The zero-order chi connectivity index (χ0) is 11.7. The molecule has 1 atom stereocenters. The topological polar surface area (TPSA) is 63.8 Å². The van der Waals surface area contributed by atoms with Gasteiger partial charge in [-0.2, -0.15) is 4.68 Å². The Hall–Kier alpha value is -1.75. The molecule has 5 heteroatoms. The summed E-state index contributed by atoms with van der Waals surface area (Å²) >= 11 is 0. The Bertz CT molecular complexity index is 504. The standard InChI is InChI=1S/C11H14N4O/c1-7(16)10-5-4-6-12-11(10)15-9(3)13-8(2)14-15/h4-7,16H,1-3H3/t7-/m1/s1. The number of aliphatic hydroxyl groups excluding tert-OH is 1. The second kappa shape index (κ2) is 4.02. The Labute approximate surface area is 93.8 Å². The molecule has 0 bridgehead atoms. The predicted molar refractivity (Wildman–Crippen MR) is 59.3 cm³/mol. The summed E-state index contributed by atoms with van der Waals surface area (Å²) in [5.74, 6) is 2.09. The van der Waals surface area contributed by atoms with Gasteiger partial charge < -0.3 is 5.11 Å². The molecule has 0 aliphatic carbocycles. The molecule has 2 aromatic rings. The van der Waals surface area contributed by atoms with Crippen LogP contribution >= 0.6 is 0 Å². The first-order valence-corrected chi connectivity index (χ1v) is 5.13. The minimum atomic E-state index is -0.576. The maximum Gasteiger partial charge on any atom is 0.161 e. The molecule has 5 nitrogen and oxygen atoms in total. The summed E-state index contributed by atoms with van der Waals surface area (Å²) < 4.78 is 1.65. The Balaban J connectivity index is 2.59. The maximum atomic E-state index is 9.66. The van der Waals surface area contributed by atoms with E-state index in [1.54, 1.807) is 23.9 Å². The number of aryl methyl sites for hydroxylation is 2. The van der Waals surface area contributed by atoms with Gasteiger partial charge in [0.05, 0.1) is 6.10 Å². The van der Waals surface area contributed by atoms with Crippen LogP contribution in [0.4, 0.5) is 0 Å². The van der Waals surface area contributed by atoms with E-state index >= 15 is 0 Å². The molecule has 0 unspecified atom stereocenters. The zero-order valence-corrected chi connectivity index (χ0v) is 9.55. The van der Waals surface area contributed by atoms with Crippen molar-refractivity contribution in [3.8, 4) is 5.82 Å². The highest BCUT2D eigenvalue weighted by molar-refractivity contribution is 5.34. The van der Waals surface area contributed by atoms with E-state index in [1.807, 2.05) is 19.9 Å². The molecule has 1 N–H and O–H groups in total. The summed E-state index contributed by atoms with van der Waals surface area (Å²) in [7, 11) is 0. The van der Waals surface area contributed by atoms with E-state index in [4.69, 9.17) is 0 Å². The molecule has 84 valence electrons. The molecule has 0 aliphatic rings. The van der Waals surface area contributed by atoms with E-state index in [0.29, 0.717) is 11.6 Å². The molecule has 2 rings (SSSR count). The Morgan fingerprint density at radius 3 is 2.69 bits per heavy atom. The molecular weight excluding hydrogens is 204 g/mol. The molecule has 0 saturated heterocycles. The van der Waals surface area contributed by atoms with E-state index in [2.05, 4.69) is 15.1 Å². The Morgan fingerprint density at radius 2 is 2.12 bits per heavy atom. The van der Waals surface area contributed by atoms with E-state index in [1.165, 1.54) is 0 Å². The highest BCUT2D eigenvalue weighted by Crippen LogP contribution is 2.19. The molecule has 0 radical (unpaired) electrons. The second-order valence-electron chi connectivity index (χ2n) is 3.71. The minimum absolute atomic E-state index is 0.576. The van der Waals surface area contributed by atoms with E-state index in [9.17, 15) is 5.11 Å². The average Bonchev–Trinajstić information content (AvgIpc) is 2.57. The van der Waals surface area contributed by atoms with Crippen LogP contribution in [0.2, 0.25) is 0 Å². The van der Waals surface area contributed by atoms with Gasteiger partial charge in [-0.15, -0.1) is 5.10 Å². The fourth-order valence-corrected chi connectivity index (χ4v) is 1.63. The lowest BCUT2D eigenvalue weighted by Gasteiger charge is -2.10. The average molecular weight is 218 g/mol. The SMILES string of the molecule is Cc1nc(C)n(-c2ncccc2[C@@H](C)O)n1. The van der Waals surface area contributed by atoms with Crippen molar-refractivity contribution in [2.75, 3.05) is 0 Å². The number of pyridine rings is 1. The number of nitrogens with zero attached hydrogens (tertiary/aromatic N) is 4. The van der Waals surface area contributed by atoms with Gasteiger partial charge in [0, 0.05) is 11.8 Å². The fraction of sp³-hybridized carbons (Fsp3) is 0.364. The van der Waals surface area contributed by atoms with Crippen LogP contribution in [-0.4, -0.2) is 24.9 Å². The number of hydrogen-bond acceptors (Lipinski definition) is 4. The molecule has 16 heavy (non-hydrogen) atoms. The van der Waals surface area contributed by atoms with Gasteiger partial charge in [0.2, 0.25) is 0 Å². The monoisotopic (exact) mass is 218 g/mol. The van der Waals surface area contributed by atoms with Crippen LogP contribution in [0, 0.1) is 13.8 Å². The smallest absolute Gasteiger partial charge is 0.161 e. The molecule has 0 spiro atoms. The first kappa shape index (κ1) is 10.8. The van der Waals surface area contributed by atoms with Gasteiger partial charge in [0.25, 0.3) is 0 Å². The van der Waals surface area contributed by atoms with Gasteiger partial charge in [0.1, 0.15) is 11.6 Å². The summed E-state index contributed by atoms with van der Waals surface area (Å²) in [5.41, 5.74) is 0.746. The van der Waals surface area contributed by atoms with Crippen molar-refractivity contribution in [1.29, 1.82) is 0 Å². The maximum absolute atomic E-state index is 9.66. The third-order valence-electron chi connectivity index (χ3n) is 2.34. The summed E-state index contributed by atoms with van der Waals surface area (Å²) in [5, 5.41) is 13.9. The molecule has 0 aromatic carbocycles. The van der Waals surface area contributed by atoms with Gasteiger partial charge in [-0.1, -0.05) is 6.07 Å². The summed E-state index contributed by atoms with van der Waals surface area (Å²) in [6, 6.07) is 3.63. The summed E-state index contributed by atoms with van der Waals surface area (Å²) in [6.07, 6.45) is 1.10. The lowest BCUT2D eigenvalue weighted by atomic mass is 10.1. The molecule has 2 aromatic heterocycles. The van der Waals surface area contributed by atoms with E-state index < -0.39 is 6.10 Å². The number of rotatable bonds is 2. The third-order valence-corrected chi connectivity index (χ3v) is 2.34. The van der Waals surface area contributed by atoms with Crippen molar-refractivity contribution in [2.45, 2.75) is 26.9 Å². The number of hydrogen-bond donors (Lipinski definition) is 1. The molecule has 0 fully saturated rings. The highest BCUT2D eigenvalue weighted by atomic mass is 16.3. The van der Waals surface area contributed by atoms with Crippen LogP contribution < -0.4 is 0 Å². The molecule has 2 heterocycles. The first-order valence-electron chi connectivity index (χ1n) is 5.13. The van der Waals surface area contributed by atoms with Crippen molar-refractivity contribution >= 4 is 0 Å². The van der Waals surface area contributed by atoms with E-state index in [0.717, 1.165) is 11.4 Å². The van der Waals surface area contributed by atoms with Crippen LogP contribution in [0.1, 0.15) is 30.2 Å². The Kier molecular flexibility index (Phi) is 2.70. The molecule has 0 saturated carbocycles. The largest absolute Gasteiger partial charge is 0.389 e. The van der Waals surface area contributed by atoms with Gasteiger partial charge >= 0.3 is 0 Å². The normalized spacial score (nSPS) is 12.8. The zero-order valence-electron chi connectivity index (χ0n) is 9.55. The lowest BCUT2D eigenvalue weighted by molar-refractivity contribution is 0.198. The van der Waals surface area contributed by atoms with Crippen molar-refractivity contribution < 1.29 is 5.11 Å². The van der Waals surface area contributed by atoms with Crippen molar-refractivity contribution in [1.82, 2.24) is 19.7 Å². The van der Waals surface area contributed by atoms with Crippen LogP contribution in [0.5, 0.6) is 0 Å². The minimum Gasteiger partial charge on any atom is -0.389 e.